The van der Waals surface area contributed by atoms with Crippen molar-refractivity contribution in [2.75, 3.05) is 0 Å². The maximum absolute atomic E-state index is 14.6. The SMILES string of the molecule is C[C@H]1OC(=O)[C@]2(O)CC(F)(F)[C@@H](C)[C@H](CCc3ccc(-c4cccc(F)c4)cn3)[C@H]12. The van der Waals surface area contributed by atoms with E-state index in [9.17, 15) is 23.1 Å². The van der Waals surface area contributed by atoms with Crippen molar-refractivity contribution >= 4 is 5.97 Å². The molecule has 0 spiro atoms. The highest BCUT2D eigenvalue weighted by molar-refractivity contribution is 5.82. The fourth-order valence-electron chi connectivity index (χ4n) is 5.06. The van der Waals surface area contributed by atoms with Crippen molar-refractivity contribution in [2.24, 2.45) is 17.8 Å². The number of benzene rings is 1. The van der Waals surface area contributed by atoms with E-state index in [0.29, 0.717) is 24.1 Å². The van der Waals surface area contributed by atoms with Crippen LogP contribution in [0.4, 0.5) is 13.2 Å². The van der Waals surface area contributed by atoms with Gasteiger partial charge in [0.05, 0.1) is 6.42 Å². The largest absolute Gasteiger partial charge is 0.460 e. The Hall–Kier alpha value is -2.41. The molecule has 1 saturated carbocycles. The van der Waals surface area contributed by atoms with E-state index in [1.807, 2.05) is 6.07 Å². The summed E-state index contributed by atoms with van der Waals surface area (Å²) in [4.78, 5) is 16.5. The molecule has 2 aromatic rings. The number of carbonyl (C=O) groups excluding carboxylic acids is 1. The van der Waals surface area contributed by atoms with E-state index < -0.39 is 47.8 Å². The fourth-order valence-corrected chi connectivity index (χ4v) is 5.06. The summed E-state index contributed by atoms with van der Waals surface area (Å²) in [7, 11) is 0. The van der Waals surface area contributed by atoms with Gasteiger partial charge in [0.15, 0.2) is 5.60 Å². The number of ether oxygens (including phenoxy) is 1. The van der Waals surface area contributed by atoms with Crippen LogP contribution in [0, 0.1) is 23.6 Å². The number of hydrogen-bond acceptors (Lipinski definition) is 4. The average molecular weight is 419 g/mol. The van der Waals surface area contributed by atoms with Crippen LogP contribution < -0.4 is 0 Å². The summed E-state index contributed by atoms with van der Waals surface area (Å²) in [5, 5.41) is 10.8. The first-order valence-electron chi connectivity index (χ1n) is 10.1. The Bertz CT molecular complexity index is 949. The molecule has 1 aliphatic heterocycles. The van der Waals surface area contributed by atoms with Gasteiger partial charge in [0.2, 0.25) is 0 Å². The van der Waals surface area contributed by atoms with Crippen LogP contribution in [-0.2, 0) is 16.0 Å². The lowest BCUT2D eigenvalue weighted by atomic mass is 9.61. The van der Waals surface area contributed by atoms with Crippen molar-refractivity contribution in [3.8, 4) is 11.1 Å². The molecule has 7 heteroatoms. The number of carbonyl (C=O) groups is 1. The van der Waals surface area contributed by atoms with Crippen LogP contribution in [0.5, 0.6) is 0 Å². The Morgan fingerprint density at radius 1 is 1.20 bits per heavy atom. The molecule has 4 nitrogen and oxygen atoms in total. The average Bonchev–Trinajstić information content (AvgIpc) is 2.90. The van der Waals surface area contributed by atoms with E-state index in [1.54, 1.807) is 31.3 Å². The van der Waals surface area contributed by atoms with Crippen molar-refractivity contribution in [3.63, 3.8) is 0 Å². The first kappa shape index (κ1) is 20.8. The molecular formula is C23H24F3NO3. The van der Waals surface area contributed by atoms with Crippen molar-refractivity contribution < 1.29 is 27.8 Å². The smallest absolute Gasteiger partial charge is 0.339 e. The van der Waals surface area contributed by atoms with Crippen LogP contribution in [-0.4, -0.2) is 33.7 Å². The van der Waals surface area contributed by atoms with Gasteiger partial charge in [-0.05, 0) is 49.4 Å². The standard InChI is InChI=1S/C23H24F3NO3/c1-13-19(20-14(2)30-21(28)22(20,29)12-23(13,25)26)9-8-18-7-6-16(11-27-18)15-4-3-5-17(24)10-15/h3-7,10-11,13-14,19-20,29H,8-9,12H2,1-2H3/t13-,14+,19-,20-,22-/m0/s1. The Morgan fingerprint density at radius 2 is 1.97 bits per heavy atom. The minimum Gasteiger partial charge on any atom is -0.460 e. The monoisotopic (exact) mass is 419 g/mol. The highest BCUT2D eigenvalue weighted by atomic mass is 19.3. The van der Waals surface area contributed by atoms with Crippen LogP contribution in [0.3, 0.4) is 0 Å². The normalized spacial score (nSPS) is 32.5. The van der Waals surface area contributed by atoms with Crippen molar-refractivity contribution in [1.29, 1.82) is 0 Å². The van der Waals surface area contributed by atoms with Gasteiger partial charge in [0, 0.05) is 29.3 Å². The van der Waals surface area contributed by atoms with Crippen molar-refractivity contribution in [1.82, 2.24) is 4.98 Å². The number of alkyl halides is 2. The molecule has 0 amide bonds. The number of nitrogens with zero attached hydrogens (tertiary/aromatic N) is 1. The van der Waals surface area contributed by atoms with E-state index in [1.165, 1.54) is 19.1 Å². The van der Waals surface area contributed by atoms with Gasteiger partial charge in [-0.2, -0.15) is 0 Å². The van der Waals surface area contributed by atoms with Gasteiger partial charge in [0.1, 0.15) is 11.9 Å². The van der Waals surface area contributed by atoms with Crippen LogP contribution >= 0.6 is 0 Å². The van der Waals surface area contributed by atoms with Gasteiger partial charge in [-0.25, -0.2) is 18.0 Å². The summed E-state index contributed by atoms with van der Waals surface area (Å²) in [6.45, 7) is 3.12. The van der Waals surface area contributed by atoms with E-state index in [-0.39, 0.29) is 5.82 Å². The molecular weight excluding hydrogens is 395 g/mol. The minimum absolute atomic E-state index is 0.335. The molecule has 4 rings (SSSR count). The quantitative estimate of drug-likeness (QED) is 0.746. The third-order valence-electron chi connectivity index (χ3n) is 6.69. The number of hydrogen-bond donors (Lipinski definition) is 1. The van der Waals surface area contributed by atoms with E-state index in [4.69, 9.17) is 4.74 Å². The maximum atomic E-state index is 14.6. The highest BCUT2D eigenvalue weighted by Gasteiger charge is 2.67. The molecule has 5 atom stereocenters. The zero-order valence-corrected chi connectivity index (χ0v) is 16.8. The number of esters is 1. The van der Waals surface area contributed by atoms with Gasteiger partial charge in [-0.1, -0.05) is 25.1 Å². The summed E-state index contributed by atoms with van der Waals surface area (Å²) in [6.07, 6.45) is 0.879. The Morgan fingerprint density at radius 3 is 2.63 bits per heavy atom. The molecule has 1 N–H and O–H groups in total. The van der Waals surface area contributed by atoms with Crippen LogP contribution in [0.1, 0.15) is 32.4 Å². The number of halogens is 3. The molecule has 160 valence electrons. The first-order chi connectivity index (χ1) is 14.1. The molecule has 2 heterocycles. The molecule has 0 radical (unpaired) electrons. The lowest BCUT2D eigenvalue weighted by Crippen LogP contribution is -2.58. The van der Waals surface area contributed by atoms with Gasteiger partial charge >= 0.3 is 5.97 Å². The number of pyridine rings is 1. The lowest BCUT2D eigenvalue weighted by molar-refractivity contribution is -0.200. The summed E-state index contributed by atoms with van der Waals surface area (Å²) in [6, 6.07) is 9.80. The summed E-state index contributed by atoms with van der Waals surface area (Å²) in [5.41, 5.74) is 0.0239. The van der Waals surface area contributed by atoms with Gasteiger partial charge in [-0.15, -0.1) is 0 Å². The van der Waals surface area contributed by atoms with Gasteiger partial charge in [0.25, 0.3) is 5.92 Å². The van der Waals surface area contributed by atoms with Crippen molar-refractivity contribution in [2.45, 2.75) is 50.7 Å². The molecule has 2 aliphatic rings. The zero-order chi connectivity index (χ0) is 21.7. The molecule has 1 saturated heterocycles. The summed E-state index contributed by atoms with van der Waals surface area (Å²) in [5.74, 6) is -6.71. The highest BCUT2D eigenvalue weighted by Crippen LogP contribution is 2.55. The zero-order valence-electron chi connectivity index (χ0n) is 16.8. The van der Waals surface area contributed by atoms with Gasteiger partial charge in [-0.3, -0.25) is 4.98 Å². The Kier molecular flexibility index (Phi) is 5.12. The number of cyclic esters (lactones) is 1. The van der Waals surface area contributed by atoms with Crippen LogP contribution in [0.2, 0.25) is 0 Å². The maximum Gasteiger partial charge on any atom is 0.339 e. The fraction of sp³-hybridized carbons (Fsp3) is 0.478. The third kappa shape index (κ3) is 3.49. The molecule has 2 fully saturated rings. The minimum atomic E-state index is -3.16. The topological polar surface area (TPSA) is 59.4 Å². The van der Waals surface area contributed by atoms with Gasteiger partial charge < -0.3 is 9.84 Å². The number of aryl methyl sites for hydroxylation is 1. The van der Waals surface area contributed by atoms with E-state index in [0.717, 1.165) is 5.56 Å². The molecule has 0 bridgehead atoms. The summed E-state index contributed by atoms with van der Waals surface area (Å²) >= 11 is 0. The van der Waals surface area contributed by atoms with Crippen LogP contribution in [0.15, 0.2) is 42.6 Å². The second-order valence-electron chi connectivity index (χ2n) is 8.54. The number of rotatable bonds is 4. The second kappa shape index (κ2) is 7.38. The van der Waals surface area contributed by atoms with E-state index >= 15 is 0 Å². The lowest BCUT2D eigenvalue weighted by Gasteiger charge is -2.46. The predicted octanol–water partition coefficient (Wildman–Crippen LogP) is 4.40. The Labute approximate surface area is 173 Å². The first-order valence-corrected chi connectivity index (χ1v) is 10.1. The predicted molar refractivity (Wildman–Crippen MR) is 104 cm³/mol. The molecule has 1 aromatic carbocycles. The number of aromatic nitrogens is 1. The molecule has 1 aromatic heterocycles. The molecule has 0 unspecified atom stereocenters. The van der Waals surface area contributed by atoms with Crippen LogP contribution in [0.25, 0.3) is 11.1 Å². The third-order valence-corrected chi connectivity index (χ3v) is 6.69. The summed E-state index contributed by atoms with van der Waals surface area (Å²) < 4.78 is 47.8. The second-order valence-corrected chi connectivity index (χ2v) is 8.54. The Balaban J connectivity index is 1.52. The van der Waals surface area contributed by atoms with E-state index in [2.05, 4.69) is 4.98 Å². The number of aliphatic hydroxyl groups is 1. The molecule has 30 heavy (non-hydrogen) atoms. The van der Waals surface area contributed by atoms with Crippen molar-refractivity contribution in [3.05, 3.63) is 54.1 Å². The number of fused-ring (bicyclic) bond motifs is 1. The molecule has 1 aliphatic carbocycles.